The predicted octanol–water partition coefficient (Wildman–Crippen LogP) is 3.39. The zero-order chi connectivity index (χ0) is 12.0. The summed E-state index contributed by atoms with van der Waals surface area (Å²) in [6, 6.07) is 4.88. The Morgan fingerprint density at radius 3 is 2.88 bits per heavy atom. The maximum Gasteiger partial charge on any atom is 0.0525 e. The van der Waals surface area contributed by atoms with E-state index in [0.717, 1.165) is 17.6 Å². The molecule has 90 valence electrons. The Kier molecular flexibility index (Phi) is 2.64. The molecule has 3 rings (SSSR count). The molecule has 0 unspecified atom stereocenters. The van der Waals surface area contributed by atoms with E-state index in [1.54, 1.807) is 0 Å². The second-order valence-corrected chi connectivity index (χ2v) is 5.40. The summed E-state index contributed by atoms with van der Waals surface area (Å²) in [5.74, 6) is 0. The minimum atomic E-state index is 0.749. The van der Waals surface area contributed by atoms with Crippen LogP contribution in [-0.4, -0.2) is 10.6 Å². The molecule has 1 fully saturated rings. The zero-order valence-electron chi connectivity index (χ0n) is 10.3. The number of aryl methyl sites for hydroxylation is 2. The molecular weight excluding hydrogens is 232 g/mol. The van der Waals surface area contributed by atoms with Gasteiger partial charge in [-0.3, -0.25) is 0 Å². The van der Waals surface area contributed by atoms with Crippen LogP contribution in [0.1, 0.15) is 24.0 Å². The molecule has 1 aromatic heterocycles. The summed E-state index contributed by atoms with van der Waals surface area (Å²) in [5, 5.41) is 5.74. The third-order valence-electron chi connectivity index (χ3n) is 3.57. The first-order chi connectivity index (χ1) is 8.16. The quantitative estimate of drug-likeness (QED) is 0.881. The van der Waals surface area contributed by atoms with Gasteiger partial charge in [-0.15, -0.1) is 0 Å². The van der Waals surface area contributed by atoms with E-state index in [9.17, 15) is 0 Å². The van der Waals surface area contributed by atoms with E-state index in [2.05, 4.69) is 36.1 Å². The van der Waals surface area contributed by atoms with Gasteiger partial charge in [0.05, 0.1) is 5.52 Å². The summed E-state index contributed by atoms with van der Waals surface area (Å²) in [6.07, 6.45) is 4.87. The molecule has 0 spiro atoms. The highest BCUT2D eigenvalue weighted by Gasteiger charge is 2.21. The van der Waals surface area contributed by atoms with Crippen LogP contribution in [-0.2, 0) is 13.6 Å². The second kappa shape index (κ2) is 4.04. The third kappa shape index (κ3) is 1.96. The number of hydrogen-bond donors (Lipinski definition) is 1. The van der Waals surface area contributed by atoms with Crippen molar-refractivity contribution in [1.29, 1.82) is 0 Å². The summed E-state index contributed by atoms with van der Waals surface area (Å²) < 4.78 is 2.18. The van der Waals surface area contributed by atoms with Crippen LogP contribution in [0.3, 0.4) is 0 Å². The van der Waals surface area contributed by atoms with Gasteiger partial charge in [0, 0.05) is 36.2 Å². The van der Waals surface area contributed by atoms with Gasteiger partial charge < -0.3 is 9.88 Å². The van der Waals surface area contributed by atoms with Crippen LogP contribution >= 0.6 is 11.6 Å². The van der Waals surface area contributed by atoms with Crippen molar-refractivity contribution in [2.75, 3.05) is 0 Å². The lowest BCUT2D eigenvalue weighted by molar-refractivity contribution is 0.689. The summed E-state index contributed by atoms with van der Waals surface area (Å²) in [7, 11) is 2.09. The van der Waals surface area contributed by atoms with Crippen molar-refractivity contribution < 1.29 is 0 Å². The Morgan fingerprint density at radius 2 is 2.18 bits per heavy atom. The molecule has 3 heteroatoms. The zero-order valence-corrected chi connectivity index (χ0v) is 11.0. The van der Waals surface area contributed by atoms with Crippen LogP contribution in [0.5, 0.6) is 0 Å². The largest absolute Gasteiger partial charge is 0.350 e. The van der Waals surface area contributed by atoms with Gasteiger partial charge in [0.15, 0.2) is 0 Å². The molecule has 1 aliphatic carbocycles. The van der Waals surface area contributed by atoms with Gasteiger partial charge in [0.2, 0.25) is 0 Å². The lowest BCUT2D eigenvalue weighted by Crippen LogP contribution is -2.14. The molecule has 0 radical (unpaired) electrons. The first kappa shape index (κ1) is 11.1. The summed E-state index contributed by atoms with van der Waals surface area (Å²) in [5.41, 5.74) is 3.80. The average molecular weight is 249 g/mol. The molecule has 1 heterocycles. The van der Waals surface area contributed by atoms with E-state index in [0.29, 0.717) is 0 Å². The molecule has 0 bridgehead atoms. The molecule has 1 aliphatic rings. The van der Waals surface area contributed by atoms with E-state index in [4.69, 9.17) is 11.6 Å². The normalized spacial score (nSPS) is 15.7. The highest BCUT2D eigenvalue weighted by Crippen LogP contribution is 2.29. The molecule has 0 amide bonds. The highest BCUT2D eigenvalue weighted by molar-refractivity contribution is 6.32. The number of aromatic nitrogens is 1. The fraction of sp³-hybridized carbons (Fsp3) is 0.429. The fourth-order valence-corrected chi connectivity index (χ4v) is 2.59. The van der Waals surface area contributed by atoms with Crippen molar-refractivity contribution in [1.82, 2.24) is 9.88 Å². The van der Waals surface area contributed by atoms with Gasteiger partial charge in [0.25, 0.3) is 0 Å². The van der Waals surface area contributed by atoms with E-state index in [-0.39, 0.29) is 0 Å². The maximum absolute atomic E-state index is 6.18. The van der Waals surface area contributed by atoms with Crippen LogP contribution in [0.25, 0.3) is 10.9 Å². The molecule has 1 N–H and O–H groups in total. The Morgan fingerprint density at radius 1 is 1.41 bits per heavy atom. The lowest BCUT2D eigenvalue weighted by Gasteiger charge is -2.04. The number of fused-ring (bicyclic) bond motifs is 1. The number of benzene rings is 1. The van der Waals surface area contributed by atoms with Gasteiger partial charge in [0.1, 0.15) is 0 Å². The Hall–Kier alpha value is -0.990. The van der Waals surface area contributed by atoms with Gasteiger partial charge in [-0.25, -0.2) is 0 Å². The van der Waals surface area contributed by atoms with E-state index < -0.39 is 0 Å². The Bertz CT molecular complexity index is 567. The van der Waals surface area contributed by atoms with Crippen molar-refractivity contribution in [2.45, 2.75) is 32.4 Å². The standard InChI is InChI=1S/C14H17ClN2/c1-9-13(15)6-5-12-10(7-16-11-3-4-11)8-17(2)14(9)12/h5-6,8,11,16H,3-4,7H2,1-2H3. The third-order valence-corrected chi connectivity index (χ3v) is 3.98. The Labute approximate surface area is 107 Å². The predicted molar refractivity (Wildman–Crippen MR) is 72.5 cm³/mol. The van der Waals surface area contributed by atoms with E-state index in [1.165, 1.54) is 34.9 Å². The minimum absolute atomic E-state index is 0.749. The minimum Gasteiger partial charge on any atom is -0.350 e. The lowest BCUT2D eigenvalue weighted by atomic mass is 10.1. The van der Waals surface area contributed by atoms with Gasteiger partial charge in [-0.2, -0.15) is 0 Å². The number of nitrogens with zero attached hydrogens (tertiary/aromatic N) is 1. The van der Waals surface area contributed by atoms with Gasteiger partial charge in [-0.1, -0.05) is 17.7 Å². The molecule has 1 saturated carbocycles. The number of rotatable bonds is 3. The molecule has 0 aliphatic heterocycles. The first-order valence-corrected chi connectivity index (χ1v) is 6.51. The molecule has 2 nitrogen and oxygen atoms in total. The maximum atomic E-state index is 6.18. The number of halogens is 1. The SMILES string of the molecule is Cc1c(Cl)ccc2c(CNC3CC3)cn(C)c12. The molecule has 17 heavy (non-hydrogen) atoms. The van der Waals surface area contributed by atoms with E-state index >= 15 is 0 Å². The summed E-state index contributed by atoms with van der Waals surface area (Å²) in [6.45, 7) is 3.05. The van der Waals surface area contributed by atoms with Crippen molar-refractivity contribution in [2.24, 2.45) is 7.05 Å². The molecule has 0 saturated heterocycles. The van der Waals surface area contributed by atoms with Crippen LogP contribution in [0.4, 0.5) is 0 Å². The van der Waals surface area contributed by atoms with Crippen LogP contribution in [0.2, 0.25) is 5.02 Å². The number of hydrogen-bond acceptors (Lipinski definition) is 1. The first-order valence-electron chi connectivity index (χ1n) is 6.13. The Balaban J connectivity index is 2.03. The smallest absolute Gasteiger partial charge is 0.0525 e. The summed E-state index contributed by atoms with van der Waals surface area (Å²) in [4.78, 5) is 0. The molecular formula is C14H17ClN2. The van der Waals surface area contributed by atoms with E-state index in [1.807, 2.05) is 6.07 Å². The van der Waals surface area contributed by atoms with Gasteiger partial charge >= 0.3 is 0 Å². The average Bonchev–Trinajstić information content (AvgIpc) is 3.06. The van der Waals surface area contributed by atoms with Gasteiger partial charge in [-0.05, 0) is 37.0 Å². The van der Waals surface area contributed by atoms with Crippen LogP contribution < -0.4 is 5.32 Å². The van der Waals surface area contributed by atoms with Crippen LogP contribution in [0.15, 0.2) is 18.3 Å². The summed E-state index contributed by atoms with van der Waals surface area (Å²) >= 11 is 6.18. The van der Waals surface area contributed by atoms with Crippen molar-refractivity contribution in [3.63, 3.8) is 0 Å². The van der Waals surface area contributed by atoms with Crippen molar-refractivity contribution in [3.05, 3.63) is 34.5 Å². The van der Waals surface area contributed by atoms with Crippen LogP contribution in [0, 0.1) is 6.92 Å². The number of nitrogens with one attached hydrogen (secondary N) is 1. The topological polar surface area (TPSA) is 17.0 Å². The molecule has 2 aromatic rings. The monoisotopic (exact) mass is 248 g/mol. The van der Waals surface area contributed by atoms with Crippen molar-refractivity contribution in [3.8, 4) is 0 Å². The molecule has 0 atom stereocenters. The van der Waals surface area contributed by atoms with Crippen molar-refractivity contribution >= 4 is 22.5 Å². The fourth-order valence-electron chi connectivity index (χ4n) is 2.44. The second-order valence-electron chi connectivity index (χ2n) is 4.99. The molecule has 1 aromatic carbocycles. The highest BCUT2D eigenvalue weighted by atomic mass is 35.5.